The summed E-state index contributed by atoms with van der Waals surface area (Å²) in [6.07, 6.45) is 0. The molecule has 2 aromatic rings. The first kappa shape index (κ1) is 15.5. The summed E-state index contributed by atoms with van der Waals surface area (Å²) in [7, 11) is 3.19. The van der Waals surface area contributed by atoms with Crippen LogP contribution in [0.4, 0.5) is 0 Å². The standard InChI is InChI=1S/C16H18ClNO3/c1-19-15-8-3-11(9-16(15)20-2)14(18)10-21-13-6-4-12(17)5-7-13/h3-9,14H,10,18H2,1-2H3. The van der Waals surface area contributed by atoms with Gasteiger partial charge in [-0.1, -0.05) is 17.7 Å². The van der Waals surface area contributed by atoms with Gasteiger partial charge in [0.15, 0.2) is 11.5 Å². The molecular formula is C16H18ClNO3. The van der Waals surface area contributed by atoms with Crippen LogP contribution in [-0.4, -0.2) is 20.8 Å². The zero-order chi connectivity index (χ0) is 15.2. The molecule has 0 bridgehead atoms. The minimum Gasteiger partial charge on any atom is -0.493 e. The molecule has 0 aliphatic heterocycles. The van der Waals surface area contributed by atoms with E-state index < -0.39 is 0 Å². The Morgan fingerprint density at radius 2 is 1.67 bits per heavy atom. The van der Waals surface area contributed by atoms with Crippen LogP contribution in [0, 0.1) is 0 Å². The van der Waals surface area contributed by atoms with Gasteiger partial charge < -0.3 is 19.9 Å². The largest absolute Gasteiger partial charge is 0.493 e. The van der Waals surface area contributed by atoms with E-state index >= 15 is 0 Å². The van der Waals surface area contributed by atoms with E-state index in [1.54, 1.807) is 26.4 Å². The van der Waals surface area contributed by atoms with Crippen LogP contribution >= 0.6 is 11.6 Å². The average molecular weight is 308 g/mol. The summed E-state index contributed by atoms with van der Waals surface area (Å²) in [4.78, 5) is 0. The maximum absolute atomic E-state index is 6.14. The lowest BCUT2D eigenvalue weighted by Gasteiger charge is -2.16. The van der Waals surface area contributed by atoms with Gasteiger partial charge in [0.1, 0.15) is 12.4 Å². The van der Waals surface area contributed by atoms with Crippen molar-refractivity contribution in [3.05, 3.63) is 53.1 Å². The molecular weight excluding hydrogens is 290 g/mol. The van der Waals surface area contributed by atoms with Crippen molar-refractivity contribution in [2.24, 2.45) is 5.73 Å². The van der Waals surface area contributed by atoms with Crippen LogP contribution in [0.15, 0.2) is 42.5 Å². The minimum absolute atomic E-state index is 0.263. The van der Waals surface area contributed by atoms with E-state index in [4.69, 9.17) is 31.5 Å². The van der Waals surface area contributed by atoms with Gasteiger partial charge in [0.2, 0.25) is 0 Å². The van der Waals surface area contributed by atoms with E-state index in [1.165, 1.54) is 0 Å². The Hall–Kier alpha value is -1.91. The first-order chi connectivity index (χ1) is 10.1. The highest BCUT2D eigenvalue weighted by atomic mass is 35.5. The lowest BCUT2D eigenvalue weighted by molar-refractivity contribution is 0.290. The van der Waals surface area contributed by atoms with Gasteiger partial charge in [-0.3, -0.25) is 0 Å². The predicted octanol–water partition coefficient (Wildman–Crippen LogP) is 3.44. The third-order valence-electron chi connectivity index (χ3n) is 3.08. The van der Waals surface area contributed by atoms with Crippen molar-refractivity contribution in [1.29, 1.82) is 0 Å². The molecule has 2 aromatic carbocycles. The first-order valence-electron chi connectivity index (χ1n) is 6.50. The summed E-state index contributed by atoms with van der Waals surface area (Å²) < 4.78 is 16.1. The molecule has 1 atom stereocenters. The average Bonchev–Trinajstić information content (AvgIpc) is 2.53. The second kappa shape index (κ2) is 7.20. The number of nitrogens with two attached hydrogens (primary N) is 1. The highest BCUT2D eigenvalue weighted by molar-refractivity contribution is 6.30. The molecule has 0 fully saturated rings. The normalized spacial score (nSPS) is 11.8. The topological polar surface area (TPSA) is 53.7 Å². The Morgan fingerprint density at radius 3 is 2.29 bits per heavy atom. The minimum atomic E-state index is -0.263. The number of methoxy groups -OCH3 is 2. The fourth-order valence-electron chi connectivity index (χ4n) is 1.90. The molecule has 0 amide bonds. The summed E-state index contributed by atoms with van der Waals surface area (Å²) in [6, 6.07) is 12.5. The van der Waals surface area contributed by atoms with Gasteiger partial charge in [-0.2, -0.15) is 0 Å². The van der Waals surface area contributed by atoms with Crippen LogP contribution in [-0.2, 0) is 0 Å². The Labute approximate surface area is 129 Å². The SMILES string of the molecule is COc1ccc(C(N)COc2ccc(Cl)cc2)cc1OC. The van der Waals surface area contributed by atoms with Crippen LogP contribution in [0.2, 0.25) is 5.02 Å². The van der Waals surface area contributed by atoms with Gasteiger partial charge in [-0.05, 0) is 42.0 Å². The Balaban J connectivity index is 2.02. The zero-order valence-corrected chi connectivity index (χ0v) is 12.8. The quantitative estimate of drug-likeness (QED) is 0.888. The lowest BCUT2D eigenvalue weighted by atomic mass is 10.1. The molecule has 2 N–H and O–H groups in total. The van der Waals surface area contributed by atoms with Crippen molar-refractivity contribution >= 4 is 11.6 Å². The molecule has 5 heteroatoms. The highest BCUT2D eigenvalue weighted by Gasteiger charge is 2.11. The lowest BCUT2D eigenvalue weighted by Crippen LogP contribution is -2.19. The third kappa shape index (κ3) is 4.03. The smallest absolute Gasteiger partial charge is 0.161 e. The maximum atomic E-state index is 6.14. The third-order valence-corrected chi connectivity index (χ3v) is 3.33. The predicted molar refractivity (Wildman–Crippen MR) is 83.4 cm³/mol. The van der Waals surface area contributed by atoms with Crippen molar-refractivity contribution in [3.63, 3.8) is 0 Å². The molecule has 4 nitrogen and oxygen atoms in total. The molecule has 1 unspecified atom stereocenters. The molecule has 21 heavy (non-hydrogen) atoms. The molecule has 0 aromatic heterocycles. The fourth-order valence-corrected chi connectivity index (χ4v) is 2.02. The summed E-state index contributed by atoms with van der Waals surface area (Å²) in [6.45, 7) is 0.358. The van der Waals surface area contributed by atoms with Gasteiger partial charge in [-0.15, -0.1) is 0 Å². The van der Waals surface area contributed by atoms with Crippen molar-refractivity contribution in [2.45, 2.75) is 6.04 Å². The fraction of sp³-hybridized carbons (Fsp3) is 0.250. The summed E-state index contributed by atoms with van der Waals surface area (Å²) >= 11 is 5.83. The molecule has 2 rings (SSSR count). The molecule has 0 spiro atoms. The van der Waals surface area contributed by atoms with Crippen LogP contribution in [0.3, 0.4) is 0 Å². The van der Waals surface area contributed by atoms with E-state index in [2.05, 4.69) is 0 Å². The van der Waals surface area contributed by atoms with Crippen molar-refractivity contribution < 1.29 is 14.2 Å². The number of hydrogen-bond acceptors (Lipinski definition) is 4. The summed E-state index contributed by atoms with van der Waals surface area (Å²) in [5.41, 5.74) is 7.06. The molecule has 112 valence electrons. The number of halogens is 1. The van der Waals surface area contributed by atoms with Gasteiger partial charge in [0, 0.05) is 5.02 Å². The number of benzene rings is 2. The monoisotopic (exact) mass is 307 g/mol. The maximum Gasteiger partial charge on any atom is 0.161 e. The van der Waals surface area contributed by atoms with Gasteiger partial charge in [0.25, 0.3) is 0 Å². The molecule has 0 saturated heterocycles. The van der Waals surface area contributed by atoms with E-state index in [-0.39, 0.29) is 6.04 Å². The molecule has 0 heterocycles. The molecule has 0 radical (unpaired) electrons. The van der Waals surface area contributed by atoms with Crippen LogP contribution in [0.1, 0.15) is 11.6 Å². The van der Waals surface area contributed by atoms with E-state index in [1.807, 2.05) is 30.3 Å². The van der Waals surface area contributed by atoms with Crippen molar-refractivity contribution in [3.8, 4) is 17.2 Å². The van der Waals surface area contributed by atoms with Crippen molar-refractivity contribution in [1.82, 2.24) is 0 Å². The van der Waals surface area contributed by atoms with Crippen LogP contribution in [0.25, 0.3) is 0 Å². The Morgan fingerprint density at radius 1 is 1.00 bits per heavy atom. The van der Waals surface area contributed by atoms with Gasteiger partial charge >= 0.3 is 0 Å². The van der Waals surface area contributed by atoms with Gasteiger partial charge in [-0.25, -0.2) is 0 Å². The van der Waals surface area contributed by atoms with Crippen molar-refractivity contribution in [2.75, 3.05) is 20.8 Å². The number of rotatable bonds is 6. The first-order valence-corrected chi connectivity index (χ1v) is 6.87. The summed E-state index contributed by atoms with van der Waals surface area (Å²) in [5.74, 6) is 2.05. The highest BCUT2D eigenvalue weighted by Crippen LogP contribution is 2.29. The van der Waals surface area contributed by atoms with E-state index in [9.17, 15) is 0 Å². The van der Waals surface area contributed by atoms with Crippen LogP contribution < -0.4 is 19.9 Å². The molecule has 0 aliphatic rings. The molecule has 0 saturated carbocycles. The van der Waals surface area contributed by atoms with E-state index in [0.717, 1.165) is 11.3 Å². The Bertz CT molecular complexity index is 587. The van der Waals surface area contributed by atoms with Gasteiger partial charge in [0.05, 0.1) is 20.3 Å². The second-order valence-corrected chi connectivity index (χ2v) is 4.92. The second-order valence-electron chi connectivity index (χ2n) is 4.49. The van der Waals surface area contributed by atoms with Crippen LogP contribution in [0.5, 0.6) is 17.2 Å². The zero-order valence-electron chi connectivity index (χ0n) is 12.0. The number of hydrogen-bond donors (Lipinski definition) is 1. The molecule has 0 aliphatic carbocycles. The number of ether oxygens (including phenoxy) is 3. The van der Waals surface area contributed by atoms with E-state index in [0.29, 0.717) is 23.1 Å². The summed E-state index contributed by atoms with van der Waals surface area (Å²) in [5, 5.41) is 0.673. The Kier molecular flexibility index (Phi) is 5.31.